The number of carbonyl (C=O) groups excluding carboxylic acids is 1. The summed E-state index contributed by atoms with van der Waals surface area (Å²) in [6.45, 7) is 5.86. The summed E-state index contributed by atoms with van der Waals surface area (Å²) in [5.74, 6) is -0.545. The molecule has 0 radical (unpaired) electrons. The molecular formula is C20H26F3N3O5S. The quantitative estimate of drug-likeness (QED) is 0.431. The summed E-state index contributed by atoms with van der Waals surface area (Å²) in [6, 6.07) is 0. The molecule has 0 aliphatic heterocycles. The van der Waals surface area contributed by atoms with Gasteiger partial charge in [-0.05, 0) is 33.3 Å². The van der Waals surface area contributed by atoms with E-state index in [4.69, 9.17) is 9.47 Å². The van der Waals surface area contributed by atoms with E-state index in [-0.39, 0.29) is 29.9 Å². The maximum Gasteiger partial charge on any atom is 0.390 e. The standard InChI is InChI=1S/C20H26F3N3O5S/c1-12-13(10-24-11-14(27)31-19(2,3)4)32-17-15(12)16(28)25(8-9-30-5)18(29)26(17)7-6-20(21,22)23/h10H,6-9,11H2,1-5H3. The van der Waals surface area contributed by atoms with Crippen LogP contribution in [0.5, 0.6) is 0 Å². The van der Waals surface area contributed by atoms with E-state index in [2.05, 4.69) is 4.99 Å². The predicted molar refractivity (Wildman–Crippen MR) is 116 cm³/mol. The second-order valence-corrected chi connectivity index (χ2v) is 9.11. The van der Waals surface area contributed by atoms with Gasteiger partial charge in [0.05, 0.1) is 29.8 Å². The van der Waals surface area contributed by atoms with Gasteiger partial charge < -0.3 is 9.47 Å². The average molecular weight is 478 g/mol. The summed E-state index contributed by atoms with van der Waals surface area (Å²) < 4.78 is 50.4. The first-order valence-electron chi connectivity index (χ1n) is 9.79. The highest BCUT2D eigenvalue weighted by Gasteiger charge is 2.28. The minimum Gasteiger partial charge on any atom is -0.459 e. The zero-order chi connectivity index (χ0) is 24.3. The molecular weight excluding hydrogens is 451 g/mol. The first-order chi connectivity index (χ1) is 14.7. The van der Waals surface area contributed by atoms with Crippen LogP contribution < -0.4 is 11.2 Å². The van der Waals surface area contributed by atoms with Gasteiger partial charge in [0.25, 0.3) is 5.56 Å². The molecule has 178 valence electrons. The Morgan fingerprint density at radius 1 is 1.16 bits per heavy atom. The van der Waals surface area contributed by atoms with Crippen molar-refractivity contribution in [3.05, 3.63) is 31.3 Å². The summed E-state index contributed by atoms with van der Waals surface area (Å²) in [6.07, 6.45) is -4.33. The number of hydrogen-bond donors (Lipinski definition) is 0. The van der Waals surface area contributed by atoms with E-state index in [1.54, 1.807) is 27.7 Å². The van der Waals surface area contributed by atoms with Crippen LogP contribution in [0.4, 0.5) is 13.2 Å². The van der Waals surface area contributed by atoms with Gasteiger partial charge in [-0.25, -0.2) is 4.79 Å². The number of fused-ring (bicyclic) bond motifs is 1. The highest BCUT2D eigenvalue weighted by atomic mass is 32.1. The number of halogens is 3. The number of carbonyl (C=O) groups is 1. The summed E-state index contributed by atoms with van der Waals surface area (Å²) in [5, 5.41) is 0.145. The Hall–Kier alpha value is -2.47. The molecule has 2 aromatic heterocycles. The molecule has 2 rings (SSSR count). The van der Waals surface area contributed by atoms with Crippen LogP contribution in [-0.2, 0) is 27.4 Å². The molecule has 0 unspecified atom stereocenters. The fourth-order valence-electron chi connectivity index (χ4n) is 2.93. The van der Waals surface area contributed by atoms with Gasteiger partial charge in [0.15, 0.2) is 0 Å². The topological polar surface area (TPSA) is 91.9 Å². The SMILES string of the molecule is COCCn1c(=O)c2c(C)c(C=NCC(=O)OC(C)(C)C)sc2n(CCC(F)(F)F)c1=O. The summed E-state index contributed by atoms with van der Waals surface area (Å²) in [5.41, 5.74) is -1.63. The number of nitrogens with zero attached hydrogens (tertiary/aromatic N) is 3. The van der Waals surface area contributed by atoms with Gasteiger partial charge in [-0.1, -0.05) is 0 Å². The van der Waals surface area contributed by atoms with E-state index in [0.717, 1.165) is 20.5 Å². The van der Waals surface area contributed by atoms with Gasteiger partial charge in [0, 0.05) is 19.9 Å². The minimum atomic E-state index is -4.47. The molecule has 0 atom stereocenters. The Kier molecular flexibility index (Phi) is 8.05. The summed E-state index contributed by atoms with van der Waals surface area (Å²) >= 11 is 0.976. The average Bonchev–Trinajstić information content (AvgIpc) is 2.95. The molecule has 0 spiro atoms. The number of hydrogen-bond acceptors (Lipinski definition) is 7. The first kappa shape index (κ1) is 25.8. The van der Waals surface area contributed by atoms with Crippen molar-refractivity contribution in [3.8, 4) is 0 Å². The van der Waals surface area contributed by atoms with Crippen molar-refractivity contribution in [1.82, 2.24) is 9.13 Å². The molecule has 0 amide bonds. The second-order valence-electron chi connectivity index (χ2n) is 8.08. The largest absolute Gasteiger partial charge is 0.459 e. The Balaban J connectivity index is 2.52. The van der Waals surface area contributed by atoms with Crippen LogP contribution in [0.1, 0.15) is 37.6 Å². The molecule has 0 N–H and O–H groups in total. The van der Waals surface area contributed by atoms with Crippen molar-refractivity contribution in [2.45, 2.75) is 59.0 Å². The molecule has 12 heteroatoms. The Labute approximate surface area is 186 Å². The van der Waals surface area contributed by atoms with Gasteiger partial charge >= 0.3 is 17.8 Å². The maximum atomic E-state index is 12.9. The summed E-state index contributed by atoms with van der Waals surface area (Å²) in [7, 11) is 1.39. The lowest BCUT2D eigenvalue weighted by Gasteiger charge is -2.18. The van der Waals surface area contributed by atoms with Gasteiger partial charge in [0.2, 0.25) is 0 Å². The zero-order valence-electron chi connectivity index (χ0n) is 18.5. The number of rotatable bonds is 8. The van der Waals surface area contributed by atoms with Crippen molar-refractivity contribution in [3.63, 3.8) is 0 Å². The van der Waals surface area contributed by atoms with Gasteiger partial charge in [-0.2, -0.15) is 13.2 Å². The number of alkyl halides is 3. The molecule has 0 aromatic carbocycles. The molecule has 0 bridgehead atoms. The lowest BCUT2D eigenvalue weighted by atomic mass is 10.2. The Morgan fingerprint density at radius 2 is 1.81 bits per heavy atom. The summed E-state index contributed by atoms with van der Waals surface area (Å²) in [4.78, 5) is 42.2. The van der Waals surface area contributed by atoms with Crippen molar-refractivity contribution in [2.24, 2.45) is 4.99 Å². The lowest BCUT2D eigenvalue weighted by Crippen LogP contribution is -2.41. The van der Waals surface area contributed by atoms with E-state index < -0.39 is 42.0 Å². The van der Waals surface area contributed by atoms with Crippen molar-refractivity contribution < 1.29 is 27.4 Å². The molecule has 0 aliphatic carbocycles. The van der Waals surface area contributed by atoms with Crippen LogP contribution in [0.3, 0.4) is 0 Å². The molecule has 2 heterocycles. The molecule has 0 fully saturated rings. The van der Waals surface area contributed by atoms with Crippen LogP contribution >= 0.6 is 11.3 Å². The Bertz CT molecular complexity index is 1120. The first-order valence-corrected chi connectivity index (χ1v) is 10.6. The number of methoxy groups -OCH3 is 1. The smallest absolute Gasteiger partial charge is 0.390 e. The molecule has 0 saturated heterocycles. The predicted octanol–water partition coefficient (Wildman–Crippen LogP) is 2.89. The van der Waals surface area contributed by atoms with Crippen LogP contribution in [0, 0.1) is 6.92 Å². The second kappa shape index (κ2) is 9.99. The van der Waals surface area contributed by atoms with Crippen LogP contribution in [-0.4, -0.2) is 53.4 Å². The van der Waals surface area contributed by atoms with Crippen LogP contribution in [0.25, 0.3) is 10.2 Å². The number of aryl methyl sites for hydroxylation is 2. The minimum absolute atomic E-state index is 0.0489. The van der Waals surface area contributed by atoms with Crippen molar-refractivity contribution in [1.29, 1.82) is 0 Å². The van der Waals surface area contributed by atoms with Gasteiger partial charge in [-0.15, -0.1) is 11.3 Å². The number of ether oxygens (including phenoxy) is 2. The molecule has 32 heavy (non-hydrogen) atoms. The third-order valence-corrected chi connectivity index (χ3v) is 5.57. The zero-order valence-corrected chi connectivity index (χ0v) is 19.4. The number of esters is 1. The van der Waals surface area contributed by atoms with Gasteiger partial charge in [-0.3, -0.25) is 23.7 Å². The maximum absolute atomic E-state index is 12.9. The fraction of sp³-hybridized carbons (Fsp3) is 0.600. The normalized spacial score (nSPS) is 12.8. The third-order valence-electron chi connectivity index (χ3n) is 4.32. The lowest BCUT2D eigenvalue weighted by molar-refractivity contribution is -0.152. The molecule has 2 aromatic rings. The molecule has 0 aliphatic rings. The van der Waals surface area contributed by atoms with E-state index >= 15 is 0 Å². The molecule has 0 saturated carbocycles. The van der Waals surface area contributed by atoms with Crippen LogP contribution in [0.2, 0.25) is 0 Å². The van der Waals surface area contributed by atoms with Crippen molar-refractivity contribution >= 4 is 33.7 Å². The highest BCUT2D eigenvalue weighted by Crippen LogP contribution is 2.28. The van der Waals surface area contributed by atoms with Crippen LogP contribution in [0.15, 0.2) is 14.6 Å². The Morgan fingerprint density at radius 3 is 2.38 bits per heavy atom. The van der Waals surface area contributed by atoms with Gasteiger partial charge in [0.1, 0.15) is 17.0 Å². The third kappa shape index (κ3) is 6.52. The van der Waals surface area contributed by atoms with E-state index in [0.29, 0.717) is 10.4 Å². The van der Waals surface area contributed by atoms with E-state index in [1.807, 2.05) is 0 Å². The highest BCUT2D eigenvalue weighted by molar-refractivity contribution is 7.20. The van der Waals surface area contributed by atoms with E-state index in [1.165, 1.54) is 13.3 Å². The number of thiophene rings is 1. The van der Waals surface area contributed by atoms with Crippen molar-refractivity contribution in [2.75, 3.05) is 20.3 Å². The number of aromatic nitrogens is 2. The van der Waals surface area contributed by atoms with E-state index in [9.17, 15) is 27.6 Å². The number of aliphatic imine (C=N–C) groups is 1. The monoisotopic (exact) mass is 477 g/mol. The molecule has 8 nitrogen and oxygen atoms in total. The fourth-order valence-corrected chi connectivity index (χ4v) is 4.14.